The molecule has 0 aliphatic carbocycles. The normalized spacial score (nSPS) is 10.0. The van der Waals surface area contributed by atoms with Crippen molar-refractivity contribution in [2.24, 2.45) is 0 Å². The summed E-state index contributed by atoms with van der Waals surface area (Å²) in [5.74, 6) is -0.610. The third-order valence-electron chi connectivity index (χ3n) is 2.44. The highest BCUT2D eigenvalue weighted by molar-refractivity contribution is 5.87. The Labute approximate surface area is 109 Å². The van der Waals surface area contributed by atoms with Crippen LogP contribution >= 0.6 is 0 Å². The molecule has 0 amide bonds. The Morgan fingerprint density at radius 1 is 1.37 bits per heavy atom. The molecule has 6 heteroatoms. The van der Waals surface area contributed by atoms with Crippen molar-refractivity contribution in [1.82, 2.24) is 9.97 Å². The van der Waals surface area contributed by atoms with E-state index in [9.17, 15) is 9.18 Å². The third kappa shape index (κ3) is 3.25. The number of methoxy groups -OCH3 is 1. The highest BCUT2D eigenvalue weighted by atomic mass is 19.1. The molecular weight excluding hydrogens is 249 g/mol. The molecule has 0 bridgehead atoms. The number of ether oxygens (including phenoxy) is 1. The summed E-state index contributed by atoms with van der Waals surface area (Å²) in [4.78, 5) is 19.2. The number of aromatic nitrogens is 2. The maximum atomic E-state index is 13.4. The van der Waals surface area contributed by atoms with Crippen molar-refractivity contribution in [1.29, 1.82) is 0 Å². The molecule has 0 aliphatic heterocycles. The van der Waals surface area contributed by atoms with Gasteiger partial charge in [0.25, 0.3) is 0 Å². The highest BCUT2D eigenvalue weighted by Gasteiger charge is 2.08. The molecule has 2 aromatic rings. The molecule has 0 fully saturated rings. The maximum Gasteiger partial charge on any atom is 0.356 e. The van der Waals surface area contributed by atoms with Crippen molar-refractivity contribution >= 4 is 11.9 Å². The lowest BCUT2D eigenvalue weighted by Crippen LogP contribution is -2.09. The van der Waals surface area contributed by atoms with E-state index in [0.717, 1.165) is 0 Å². The summed E-state index contributed by atoms with van der Waals surface area (Å²) in [6.45, 7) is 0.233. The number of benzene rings is 1. The molecule has 5 nitrogen and oxygen atoms in total. The minimum absolute atomic E-state index is 0.147. The van der Waals surface area contributed by atoms with Gasteiger partial charge in [0.15, 0.2) is 5.69 Å². The lowest BCUT2D eigenvalue weighted by molar-refractivity contribution is 0.0594. The van der Waals surface area contributed by atoms with Crippen LogP contribution < -0.4 is 5.32 Å². The van der Waals surface area contributed by atoms with E-state index >= 15 is 0 Å². The van der Waals surface area contributed by atoms with E-state index in [1.165, 1.54) is 25.4 Å². The molecule has 0 radical (unpaired) electrons. The van der Waals surface area contributed by atoms with Crippen molar-refractivity contribution in [3.8, 4) is 0 Å². The molecule has 98 valence electrons. The topological polar surface area (TPSA) is 64.1 Å². The number of carbonyl (C=O) groups excluding carboxylic acids is 1. The first kappa shape index (κ1) is 12.9. The van der Waals surface area contributed by atoms with Gasteiger partial charge in [0.2, 0.25) is 5.95 Å². The second kappa shape index (κ2) is 5.90. The van der Waals surface area contributed by atoms with Gasteiger partial charge < -0.3 is 10.1 Å². The fraction of sp³-hybridized carbons (Fsp3) is 0.154. The first-order valence-electron chi connectivity index (χ1n) is 5.59. The average Bonchev–Trinajstić information content (AvgIpc) is 2.46. The first-order valence-corrected chi connectivity index (χ1v) is 5.59. The average molecular weight is 261 g/mol. The second-order valence-corrected chi connectivity index (χ2v) is 3.70. The summed E-state index contributed by atoms with van der Waals surface area (Å²) < 4.78 is 18.0. The number of hydrogen-bond donors (Lipinski definition) is 1. The highest BCUT2D eigenvalue weighted by Crippen LogP contribution is 2.09. The van der Waals surface area contributed by atoms with Crippen LogP contribution in [0.4, 0.5) is 10.3 Å². The van der Waals surface area contributed by atoms with E-state index in [0.29, 0.717) is 5.56 Å². The van der Waals surface area contributed by atoms with Crippen molar-refractivity contribution in [3.05, 3.63) is 53.6 Å². The largest absolute Gasteiger partial charge is 0.464 e. The minimum Gasteiger partial charge on any atom is -0.464 e. The first-order chi connectivity index (χ1) is 9.20. The van der Waals surface area contributed by atoms with Crippen LogP contribution in [0, 0.1) is 5.82 Å². The van der Waals surface area contributed by atoms with Crippen LogP contribution in [0.25, 0.3) is 0 Å². The Morgan fingerprint density at radius 3 is 2.89 bits per heavy atom. The van der Waals surface area contributed by atoms with Crippen LogP contribution in [0.15, 0.2) is 36.5 Å². The fourth-order valence-electron chi connectivity index (χ4n) is 1.48. The van der Waals surface area contributed by atoms with Crippen LogP contribution in [0.3, 0.4) is 0 Å². The zero-order valence-corrected chi connectivity index (χ0v) is 10.3. The van der Waals surface area contributed by atoms with Gasteiger partial charge in [-0.25, -0.2) is 19.2 Å². The number of halogens is 1. The van der Waals surface area contributed by atoms with E-state index < -0.39 is 5.97 Å². The van der Waals surface area contributed by atoms with Gasteiger partial charge in [-0.05, 0) is 12.1 Å². The SMILES string of the molecule is COC(=O)c1ccnc(NCc2ccccc2F)n1. The molecule has 1 N–H and O–H groups in total. The second-order valence-electron chi connectivity index (χ2n) is 3.70. The molecule has 19 heavy (non-hydrogen) atoms. The Hall–Kier alpha value is -2.50. The van der Waals surface area contributed by atoms with Crippen LogP contribution in [-0.2, 0) is 11.3 Å². The molecule has 0 saturated heterocycles. The number of nitrogens with one attached hydrogen (secondary N) is 1. The molecule has 0 spiro atoms. The summed E-state index contributed by atoms with van der Waals surface area (Å²) in [7, 11) is 1.27. The number of nitrogens with zero attached hydrogens (tertiary/aromatic N) is 2. The fourth-order valence-corrected chi connectivity index (χ4v) is 1.48. The molecule has 1 heterocycles. The van der Waals surface area contributed by atoms with Crippen LogP contribution in [0.1, 0.15) is 16.1 Å². The van der Waals surface area contributed by atoms with Gasteiger partial charge in [0.05, 0.1) is 7.11 Å². The monoisotopic (exact) mass is 261 g/mol. The Kier molecular flexibility index (Phi) is 4.02. The smallest absolute Gasteiger partial charge is 0.356 e. The number of rotatable bonds is 4. The van der Waals surface area contributed by atoms with Crippen molar-refractivity contribution in [2.75, 3.05) is 12.4 Å². The lowest BCUT2D eigenvalue weighted by atomic mass is 10.2. The van der Waals surface area contributed by atoms with Crippen molar-refractivity contribution in [3.63, 3.8) is 0 Å². The summed E-state index contributed by atoms with van der Waals surface area (Å²) in [6.07, 6.45) is 1.43. The van der Waals surface area contributed by atoms with Crippen molar-refractivity contribution in [2.45, 2.75) is 6.54 Å². The predicted octanol–water partition coefficient (Wildman–Crippen LogP) is 2.01. The van der Waals surface area contributed by atoms with E-state index in [4.69, 9.17) is 0 Å². The number of anilines is 1. The Morgan fingerprint density at radius 2 is 2.16 bits per heavy atom. The van der Waals surface area contributed by atoms with E-state index in [1.807, 2.05) is 0 Å². The Balaban J connectivity index is 2.08. The zero-order valence-electron chi connectivity index (χ0n) is 10.3. The summed E-state index contributed by atoms with van der Waals surface area (Å²) in [5, 5.41) is 2.85. The molecule has 0 atom stereocenters. The molecule has 2 rings (SSSR count). The van der Waals surface area contributed by atoms with E-state index in [1.54, 1.807) is 18.2 Å². The predicted molar refractivity (Wildman–Crippen MR) is 67.1 cm³/mol. The standard InChI is InChI=1S/C13H12FN3O2/c1-19-12(18)11-6-7-15-13(17-11)16-8-9-4-2-3-5-10(9)14/h2-7H,8H2,1H3,(H,15,16,17). The molecular formula is C13H12FN3O2. The number of carbonyl (C=O) groups is 1. The quantitative estimate of drug-likeness (QED) is 0.853. The van der Waals surface area contributed by atoms with E-state index in [2.05, 4.69) is 20.0 Å². The van der Waals surface area contributed by atoms with Gasteiger partial charge in [-0.2, -0.15) is 0 Å². The molecule has 0 saturated carbocycles. The Bertz CT molecular complexity index is 590. The third-order valence-corrected chi connectivity index (χ3v) is 2.44. The van der Waals surface area contributed by atoms with Crippen LogP contribution in [-0.4, -0.2) is 23.0 Å². The van der Waals surface area contributed by atoms with Crippen molar-refractivity contribution < 1.29 is 13.9 Å². The molecule has 1 aromatic heterocycles. The summed E-state index contributed by atoms with van der Waals surface area (Å²) >= 11 is 0. The zero-order chi connectivity index (χ0) is 13.7. The maximum absolute atomic E-state index is 13.4. The van der Waals surface area contributed by atoms with Crippen LogP contribution in [0.5, 0.6) is 0 Å². The van der Waals surface area contributed by atoms with Gasteiger partial charge in [-0.3, -0.25) is 0 Å². The molecule has 0 unspecified atom stereocenters. The molecule has 0 aliphatic rings. The number of esters is 1. The van der Waals surface area contributed by atoms with Gasteiger partial charge in [0.1, 0.15) is 5.82 Å². The lowest BCUT2D eigenvalue weighted by Gasteiger charge is -2.06. The van der Waals surface area contributed by atoms with Crippen LogP contribution in [0.2, 0.25) is 0 Å². The molecule has 1 aromatic carbocycles. The summed E-state index contributed by atoms with van der Waals surface area (Å²) in [6, 6.07) is 7.84. The van der Waals surface area contributed by atoms with E-state index in [-0.39, 0.29) is 24.0 Å². The van der Waals surface area contributed by atoms with Gasteiger partial charge in [-0.15, -0.1) is 0 Å². The van der Waals surface area contributed by atoms with Gasteiger partial charge in [-0.1, -0.05) is 18.2 Å². The van der Waals surface area contributed by atoms with Gasteiger partial charge >= 0.3 is 5.97 Å². The minimum atomic E-state index is -0.545. The number of hydrogen-bond acceptors (Lipinski definition) is 5. The van der Waals surface area contributed by atoms with Gasteiger partial charge in [0, 0.05) is 18.3 Å². The summed E-state index contributed by atoms with van der Waals surface area (Å²) in [5.41, 5.74) is 0.642.